The predicted octanol–water partition coefficient (Wildman–Crippen LogP) is 4.40. The lowest BCUT2D eigenvalue weighted by Gasteiger charge is -1.98. The molecule has 0 radical (unpaired) electrons. The van der Waals surface area contributed by atoms with Crippen LogP contribution < -0.4 is 5.32 Å². The molecule has 3 aromatic rings. The van der Waals surface area contributed by atoms with Crippen molar-refractivity contribution in [3.63, 3.8) is 0 Å². The Hall–Kier alpha value is -2.19. The minimum Gasteiger partial charge on any atom is -0.295 e. The number of rotatable bonds is 6. The fourth-order valence-corrected chi connectivity index (χ4v) is 3.63. The molecule has 0 bridgehead atoms. The number of nitrogens with one attached hydrogen (secondary N) is 1. The second-order valence-corrected chi connectivity index (χ2v) is 7.00. The van der Waals surface area contributed by atoms with E-state index in [9.17, 15) is 9.18 Å². The second kappa shape index (κ2) is 7.59. The van der Waals surface area contributed by atoms with E-state index in [-0.39, 0.29) is 17.4 Å². The zero-order valence-electron chi connectivity index (χ0n) is 13.0. The highest BCUT2D eigenvalue weighted by Crippen LogP contribution is 2.26. The summed E-state index contributed by atoms with van der Waals surface area (Å²) in [4.78, 5) is 16.5. The second-order valence-electron chi connectivity index (χ2n) is 5.08. The third-order valence-corrected chi connectivity index (χ3v) is 5.05. The van der Waals surface area contributed by atoms with Gasteiger partial charge in [0, 0.05) is 17.4 Å². The molecule has 1 aromatic carbocycles. The quantitative estimate of drug-likeness (QED) is 0.706. The molecule has 24 heavy (non-hydrogen) atoms. The van der Waals surface area contributed by atoms with Crippen LogP contribution in [0.2, 0.25) is 0 Å². The molecule has 0 fully saturated rings. The van der Waals surface area contributed by atoms with E-state index in [1.54, 1.807) is 23.6 Å². The highest BCUT2D eigenvalue weighted by Gasteiger charge is 2.15. The van der Waals surface area contributed by atoms with Crippen molar-refractivity contribution in [3.05, 3.63) is 46.2 Å². The van der Waals surface area contributed by atoms with E-state index >= 15 is 0 Å². The predicted molar refractivity (Wildman–Crippen MR) is 94.0 cm³/mol. The average Bonchev–Trinajstić information content (AvgIpc) is 3.23. The van der Waals surface area contributed by atoms with Crippen LogP contribution in [-0.2, 0) is 6.42 Å². The van der Waals surface area contributed by atoms with Gasteiger partial charge in [-0.2, -0.15) is 0 Å². The van der Waals surface area contributed by atoms with Crippen LogP contribution in [0.1, 0.15) is 35.3 Å². The first-order valence-corrected chi connectivity index (χ1v) is 9.21. The normalized spacial score (nSPS) is 10.8. The largest absolute Gasteiger partial charge is 0.295 e. The van der Waals surface area contributed by atoms with E-state index in [1.807, 2.05) is 0 Å². The summed E-state index contributed by atoms with van der Waals surface area (Å²) in [5, 5.41) is 14.1. The number of halogens is 1. The Morgan fingerprint density at radius 2 is 2.12 bits per heavy atom. The number of nitrogens with zero attached hydrogens (tertiary/aromatic N) is 3. The minimum absolute atomic E-state index is 0.239. The highest BCUT2D eigenvalue weighted by molar-refractivity contribution is 7.15. The summed E-state index contributed by atoms with van der Waals surface area (Å²) < 4.78 is 13.8. The zero-order chi connectivity index (χ0) is 16.9. The van der Waals surface area contributed by atoms with Crippen LogP contribution in [0.5, 0.6) is 0 Å². The van der Waals surface area contributed by atoms with Crippen molar-refractivity contribution in [3.8, 4) is 10.6 Å². The van der Waals surface area contributed by atoms with Crippen molar-refractivity contribution in [1.82, 2.24) is 15.2 Å². The van der Waals surface area contributed by atoms with E-state index in [0.29, 0.717) is 15.7 Å². The Labute approximate surface area is 146 Å². The van der Waals surface area contributed by atoms with Crippen LogP contribution in [0.25, 0.3) is 10.6 Å². The fourth-order valence-electron chi connectivity index (χ4n) is 2.03. The Balaban J connectivity index is 1.70. The lowest BCUT2D eigenvalue weighted by atomic mass is 10.2. The van der Waals surface area contributed by atoms with Gasteiger partial charge in [0.1, 0.15) is 21.5 Å². The topological polar surface area (TPSA) is 67.8 Å². The number of carbonyl (C=O) groups is 1. The molecule has 0 aliphatic rings. The number of hydrogen-bond acceptors (Lipinski definition) is 6. The maximum atomic E-state index is 13.8. The molecule has 5 nitrogen and oxygen atoms in total. The molecule has 0 unspecified atom stereocenters. The molecule has 2 aromatic heterocycles. The molecule has 8 heteroatoms. The molecule has 0 spiro atoms. The number of thiazole rings is 1. The standard InChI is InChI=1S/C16H15FN4OS2/c1-2-3-8-13-20-21-16(24-13)19-14(22)12-9-23-15(18-12)10-6-4-5-7-11(10)17/h4-7,9H,2-3,8H2,1H3,(H,19,21,22). The van der Waals surface area contributed by atoms with Crippen molar-refractivity contribution in [2.75, 3.05) is 5.32 Å². The molecule has 0 atom stereocenters. The van der Waals surface area contributed by atoms with Crippen LogP contribution in [0, 0.1) is 5.82 Å². The minimum atomic E-state index is -0.368. The lowest BCUT2D eigenvalue weighted by Crippen LogP contribution is -2.12. The zero-order valence-corrected chi connectivity index (χ0v) is 14.6. The van der Waals surface area contributed by atoms with Gasteiger partial charge in [0.25, 0.3) is 5.91 Å². The first-order valence-electron chi connectivity index (χ1n) is 7.51. The fraction of sp³-hybridized carbons (Fsp3) is 0.250. The van der Waals surface area contributed by atoms with E-state index in [0.717, 1.165) is 24.3 Å². The molecule has 0 saturated heterocycles. The number of benzene rings is 1. The van der Waals surface area contributed by atoms with Crippen LogP contribution in [0.3, 0.4) is 0 Å². The summed E-state index contributed by atoms with van der Waals surface area (Å²) in [6.45, 7) is 2.11. The molecule has 2 heterocycles. The smallest absolute Gasteiger partial charge is 0.276 e. The Morgan fingerprint density at radius 1 is 1.29 bits per heavy atom. The Morgan fingerprint density at radius 3 is 2.92 bits per heavy atom. The van der Waals surface area contributed by atoms with Gasteiger partial charge in [-0.05, 0) is 18.6 Å². The summed E-state index contributed by atoms with van der Waals surface area (Å²) in [6, 6.07) is 6.36. The number of carbonyl (C=O) groups excluding carboxylic acids is 1. The molecule has 1 N–H and O–H groups in total. The van der Waals surface area contributed by atoms with Crippen molar-refractivity contribution < 1.29 is 9.18 Å². The molecular weight excluding hydrogens is 347 g/mol. The van der Waals surface area contributed by atoms with Gasteiger partial charge in [0.05, 0.1) is 0 Å². The summed E-state index contributed by atoms with van der Waals surface area (Å²) in [6.07, 6.45) is 2.98. The first kappa shape index (κ1) is 16.7. The third-order valence-electron chi connectivity index (χ3n) is 3.27. The lowest BCUT2D eigenvalue weighted by molar-refractivity contribution is 0.102. The molecule has 0 aliphatic carbocycles. The molecule has 0 saturated carbocycles. The van der Waals surface area contributed by atoms with Gasteiger partial charge in [0.15, 0.2) is 0 Å². The molecule has 3 rings (SSSR count). The van der Waals surface area contributed by atoms with E-state index < -0.39 is 0 Å². The van der Waals surface area contributed by atoms with Crippen LogP contribution >= 0.6 is 22.7 Å². The highest BCUT2D eigenvalue weighted by atomic mass is 32.1. The molecule has 124 valence electrons. The average molecular weight is 362 g/mol. The number of anilines is 1. The van der Waals surface area contributed by atoms with E-state index in [4.69, 9.17) is 0 Å². The van der Waals surface area contributed by atoms with Gasteiger partial charge in [-0.1, -0.05) is 36.8 Å². The first-order chi connectivity index (χ1) is 11.7. The SMILES string of the molecule is CCCCc1nnc(NC(=O)c2csc(-c3ccccc3F)n2)s1. The number of hydrogen-bond donors (Lipinski definition) is 1. The summed E-state index contributed by atoms with van der Waals surface area (Å²) in [7, 11) is 0. The molecular formula is C16H15FN4OS2. The molecule has 0 aliphatic heterocycles. The van der Waals surface area contributed by atoms with Gasteiger partial charge >= 0.3 is 0 Å². The van der Waals surface area contributed by atoms with Gasteiger partial charge in [-0.25, -0.2) is 9.37 Å². The summed E-state index contributed by atoms with van der Waals surface area (Å²) in [5.74, 6) is -0.726. The van der Waals surface area contributed by atoms with E-state index in [1.165, 1.54) is 28.7 Å². The van der Waals surface area contributed by atoms with Crippen LogP contribution in [0.15, 0.2) is 29.6 Å². The van der Waals surface area contributed by atoms with Crippen LogP contribution in [0.4, 0.5) is 9.52 Å². The molecule has 1 amide bonds. The number of aromatic nitrogens is 3. The van der Waals surface area contributed by atoms with Crippen molar-refractivity contribution in [1.29, 1.82) is 0 Å². The summed E-state index contributed by atoms with van der Waals surface area (Å²) in [5.41, 5.74) is 0.628. The Kier molecular flexibility index (Phi) is 5.27. The number of amides is 1. The third kappa shape index (κ3) is 3.82. The Bertz CT molecular complexity index is 846. The monoisotopic (exact) mass is 362 g/mol. The maximum absolute atomic E-state index is 13.8. The van der Waals surface area contributed by atoms with Crippen molar-refractivity contribution >= 4 is 33.7 Å². The van der Waals surface area contributed by atoms with E-state index in [2.05, 4.69) is 27.4 Å². The number of unbranched alkanes of at least 4 members (excludes halogenated alkanes) is 1. The summed E-state index contributed by atoms with van der Waals surface area (Å²) >= 11 is 2.59. The van der Waals surface area contributed by atoms with Gasteiger partial charge < -0.3 is 0 Å². The van der Waals surface area contributed by atoms with Gasteiger partial charge in [0.2, 0.25) is 5.13 Å². The van der Waals surface area contributed by atoms with Crippen molar-refractivity contribution in [2.45, 2.75) is 26.2 Å². The van der Waals surface area contributed by atoms with Gasteiger partial charge in [-0.15, -0.1) is 21.5 Å². The maximum Gasteiger partial charge on any atom is 0.276 e. The van der Waals surface area contributed by atoms with Gasteiger partial charge in [-0.3, -0.25) is 10.1 Å². The van der Waals surface area contributed by atoms with Crippen molar-refractivity contribution in [2.24, 2.45) is 0 Å². The number of aryl methyl sites for hydroxylation is 1. The van der Waals surface area contributed by atoms with Crippen LogP contribution in [-0.4, -0.2) is 21.1 Å².